The minimum Gasteiger partial charge on any atom is -0.325 e. The molecule has 4 heteroatoms. The number of nitrogens with zero attached hydrogens (tertiary/aromatic N) is 1. The van der Waals surface area contributed by atoms with Gasteiger partial charge in [-0.15, -0.1) is 0 Å². The Hall–Kier alpha value is -2.10. The third kappa shape index (κ3) is 1.95. The van der Waals surface area contributed by atoms with Crippen molar-refractivity contribution in [3.63, 3.8) is 0 Å². The number of amides is 2. The smallest absolute Gasteiger partial charge is 0.246 e. The van der Waals surface area contributed by atoms with Crippen molar-refractivity contribution in [1.29, 1.82) is 0 Å². The number of carbonyl (C=O) groups is 2. The van der Waals surface area contributed by atoms with Crippen molar-refractivity contribution in [2.24, 2.45) is 0 Å². The van der Waals surface area contributed by atoms with Crippen LogP contribution >= 0.6 is 0 Å². The topological polar surface area (TPSA) is 49.4 Å². The van der Waals surface area contributed by atoms with Gasteiger partial charge in [0.1, 0.15) is 6.54 Å². The molecule has 1 aliphatic heterocycles. The van der Waals surface area contributed by atoms with Crippen LogP contribution in [-0.2, 0) is 16.1 Å². The summed E-state index contributed by atoms with van der Waals surface area (Å²) in [5.41, 5.74) is 1.70. The highest BCUT2D eigenvalue weighted by Crippen LogP contribution is 2.20. The summed E-state index contributed by atoms with van der Waals surface area (Å²) in [5.74, 6) is -0.410. The second-order valence-electron chi connectivity index (χ2n) is 3.60. The maximum absolute atomic E-state index is 11.5. The molecule has 4 nitrogen and oxygen atoms in total. The van der Waals surface area contributed by atoms with Gasteiger partial charge in [-0.05, 0) is 17.7 Å². The number of rotatable bonds is 1. The zero-order valence-electron chi connectivity index (χ0n) is 8.77. The Balaban J connectivity index is 2.34. The molecule has 16 heavy (non-hydrogen) atoms. The minimum absolute atomic E-state index is 0.0690. The lowest BCUT2D eigenvalue weighted by molar-refractivity contribution is -0.130. The van der Waals surface area contributed by atoms with Crippen LogP contribution < -0.4 is 5.32 Å². The lowest BCUT2D eigenvalue weighted by Crippen LogP contribution is -2.33. The number of anilines is 1. The highest BCUT2D eigenvalue weighted by Gasteiger charge is 2.20. The highest BCUT2D eigenvalue weighted by atomic mass is 16.2. The molecule has 2 rings (SSSR count). The van der Waals surface area contributed by atoms with Crippen LogP contribution in [0.4, 0.5) is 5.69 Å². The summed E-state index contributed by atoms with van der Waals surface area (Å²) in [5, 5.41) is 2.76. The van der Waals surface area contributed by atoms with Crippen molar-refractivity contribution < 1.29 is 9.59 Å². The van der Waals surface area contributed by atoms with Gasteiger partial charge >= 0.3 is 0 Å². The summed E-state index contributed by atoms with van der Waals surface area (Å²) in [6, 6.07) is 7.45. The van der Waals surface area contributed by atoms with Crippen LogP contribution in [0.3, 0.4) is 0 Å². The van der Waals surface area contributed by atoms with Gasteiger partial charge in [-0.3, -0.25) is 9.59 Å². The number of benzene rings is 1. The number of fused-ring (bicyclic) bond motifs is 1. The highest BCUT2D eigenvalue weighted by molar-refractivity contribution is 5.98. The van der Waals surface area contributed by atoms with Gasteiger partial charge in [-0.1, -0.05) is 24.8 Å². The Morgan fingerprint density at radius 2 is 2.12 bits per heavy atom. The number of carbonyl (C=O) groups excluding carboxylic acids is 2. The second-order valence-corrected chi connectivity index (χ2v) is 3.60. The third-order valence-corrected chi connectivity index (χ3v) is 2.47. The van der Waals surface area contributed by atoms with E-state index in [2.05, 4.69) is 11.9 Å². The van der Waals surface area contributed by atoms with Crippen molar-refractivity contribution in [3.8, 4) is 0 Å². The largest absolute Gasteiger partial charge is 0.325 e. The molecular weight excluding hydrogens is 204 g/mol. The van der Waals surface area contributed by atoms with E-state index in [9.17, 15) is 9.59 Å². The van der Waals surface area contributed by atoms with Gasteiger partial charge in [0.05, 0.1) is 0 Å². The molecule has 0 radical (unpaired) electrons. The molecule has 0 atom stereocenters. The summed E-state index contributed by atoms with van der Waals surface area (Å²) in [7, 11) is 0. The first-order valence-electron chi connectivity index (χ1n) is 5.00. The van der Waals surface area contributed by atoms with Gasteiger partial charge in [0.25, 0.3) is 0 Å². The van der Waals surface area contributed by atoms with Crippen molar-refractivity contribution in [1.82, 2.24) is 4.90 Å². The van der Waals surface area contributed by atoms with Crippen LogP contribution in [0.1, 0.15) is 5.56 Å². The fourth-order valence-electron chi connectivity index (χ4n) is 1.69. The second kappa shape index (κ2) is 4.18. The van der Waals surface area contributed by atoms with Crippen LogP contribution in [-0.4, -0.2) is 23.3 Å². The fraction of sp³-hybridized carbons (Fsp3) is 0.167. The Labute approximate surface area is 93.6 Å². The Kier molecular flexibility index (Phi) is 2.72. The number of nitrogens with one attached hydrogen (secondary N) is 1. The molecule has 0 unspecified atom stereocenters. The van der Waals surface area contributed by atoms with Crippen LogP contribution in [0.5, 0.6) is 0 Å². The molecule has 1 N–H and O–H groups in total. The predicted molar refractivity (Wildman–Crippen MR) is 60.7 cm³/mol. The van der Waals surface area contributed by atoms with Gasteiger partial charge in [0, 0.05) is 12.2 Å². The quantitative estimate of drug-likeness (QED) is 0.716. The van der Waals surface area contributed by atoms with E-state index < -0.39 is 0 Å². The molecule has 1 aromatic rings. The summed E-state index contributed by atoms with van der Waals surface area (Å²) in [4.78, 5) is 24.5. The maximum atomic E-state index is 11.5. The molecule has 0 aromatic heterocycles. The van der Waals surface area contributed by atoms with Gasteiger partial charge in [-0.2, -0.15) is 0 Å². The minimum atomic E-state index is -0.230. The molecule has 1 aliphatic rings. The third-order valence-electron chi connectivity index (χ3n) is 2.47. The zero-order valence-corrected chi connectivity index (χ0v) is 8.77. The number of para-hydroxylation sites is 1. The van der Waals surface area contributed by atoms with Gasteiger partial charge < -0.3 is 10.2 Å². The summed E-state index contributed by atoms with van der Waals surface area (Å²) < 4.78 is 0. The van der Waals surface area contributed by atoms with E-state index in [1.54, 1.807) is 0 Å². The normalized spacial score (nSPS) is 14.8. The molecule has 0 fully saturated rings. The molecule has 2 amide bonds. The van der Waals surface area contributed by atoms with Gasteiger partial charge in [0.2, 0.25) is 11.8 Å². The standard InChI is InChI=1S/C12H12N2O2/c1-2-12(16)14-7-9-5-3-4-6-10(9)13-11(15)8-14/h2-6H,1,7-8H2,(H,13,15). The fourth-order valence-corrected chi connectivity index (χ4v) is 1.69. The molecule has 82 valence electrons. The molecular formula is C12H12N2O2. The van der Waals surface area contributed by atoms with E-state index in [0.29, 0.717) is 6.54 Å². The molecule has 0 bridgehead atoms. The number of hydrogen-bond acceptors (Lipinski definition) is 2. The first-order chi connectivity index (χ1) is 7.70. The molecule has 0 aliphatic carbocycles. The van der Waals surface area contributed by atoms with Crippen molar-refractivity contribution in [2.75, 3.05) is 11.9 Å². The van der Waals surface area contributed by atoms with E-state index in [1.165, 1.54) is 11.0 Å². The summed E-state index contributed by atoms with van der Waals surface area (Å²) >= 11 is 0. The first kappa shape index (κ1) is 10.4. The Morgan fingerprint density at radius 1 is 1.38 bits per heavy atom. The van der Waals surface area contributed by atoms with E-state index in [0.717, 1.165) is 11.3 Å². The monoisotopic (exact) mass is 216 g/mol. The maximum Gasteiger partial charge on any atom is 0.246 e. The first-order valence-corrected chi connectivity index (χ1v) is 5.00. The van der Waals surface area contributed by atoms with E-state index in [-0.39, 0.29) is 18.4 Å². The summed E-state index contributed by atoms with van der Waals surface area (Å²) in [6.45, 7) is 3.92. The number of hydrogen-bond donors (Lipinski definition) is 1. The van der Waals surface area contributed by atoms with E-state index in [4.69, 9.17) is 0 Å². The van der Waals surface area contributed by atoms with Crippen LogP contribution in [0.15, 0.2) is 36.9 Å². The Bertz CT molecular complexity index is 454. The molecule has 1 aromatic carbocycles. The van der Waals surface area contributed by atoms with E-state index >= 15 is 0 Å². The van der Waals surface area contributed by atoms with Crippen LogP contribution in [0.2, 0.25) is 0 Å². The molecule has 0 saturated carbocycles. The average Bonchev–Trinajstić information content (AvgIpc) is 2.45. The van der Waals surface area contributed by atoms with Crippen molar-refractivity contribution >= 4 is 17.5 Å². The predicted octanol–water partition coefficient (Wildman–Crippen LogP) is 1.15. The van der Waals surface area contributed by atoms with Crippen LogP contribution in [0.25, 0.3) is 0 Å². The average molecular weight is 216 g/mol. The van der Waals surface area contributed by atoms with Crippen molar-refractivity contribution in [3.05, 3.63) is 42.5 Å². The molecule has 0 saturated heterocycles. The zero-order chi connectivity index (χ0) is 11.5. The Morgan fingerprint density at radius 3 is 2.88 bits per heavy atom. The lowest BCUT2D eigenvalue weighted by Gasteiger charge is -2.17. The lowest BCUT2D eigenvalue weighted by atomic mass is 10.2. The van der Waals surface area contributed by atoms with Crippen molar-refractivity contribution in [2.45, 2.75) is 6.54 Å². The van der Waals surface area contributed by atoms with Gasteiger partial charge in [-0.25, -0.2) is 0 Å². The molecule has 1 heterocycles. The molecule has 0 spiro atoms. The summed E-state index contributed by atoms with van der Waals surface area (Å²) in [6.07, 6.45) is 1.22. The van der Waals surface area contributed by atoms with E-state index in [1.807, 2.05) is 24.3 Å². The van der Waals surface area contributed by atoms with Crippen LogP contribution in [0, 0.1) is 0 Å². The SMILES string of the molecule is C=CC(=O)N1CC(=O)Nc2ccccc2C1. The van der Waals surface area contributed by atoms with Gasteiger partial charge in [0.15, 0.2) is 0 Å².